The molecule has 2 aromatic rings. The van der Waals surface area contributed by atoms with Gasteiger partial charge in [0.05, 0.1) is 0 Å². The number of hydrogen-bond acceptors (Lipinski definition) is 4. The predicted molar refractivity (Wildman–Crippen MR) is 57.5 cm³/mol. The monoisotopic (exact) mass is 206 g/mol. The maximum absolute atomic E-state index is 9.84. The fourth-order valence-corrected chi connectivity index (χ4v) is 1.51. The number of furan rings is 1. The summed E-state index contributed by atoms with van der Waals surface area (Å²) in [6, 6.07) is 3.62. The van der Waals surface area contributed by atoms with E-state index in [-0.39, 0.29) is 0 Å². The van der Waals surface area contributed by atoms with Crippen molar-refractivity contribution < 1.29 is 9.52 Å². The van der Waals surface area contributed by atoms with Gasteiger partial charge in [-0.05, 0) is 26.2 Å². The number of pyridine rings is 1. The van der Waals surface area contributed by atoms with Crippen LogP contribution in [-0.2, 0) is 0 Å². The molecule has 0 saturated carbocycles. The zero-order chi connectivity index (χ0) is 10.8. The molecule has 2 rings (SSSR count). The summed E-state index contributed by atoms with van der Waals surface area (Å²) in [5.41, 5.74) is 0.762. The molecule has 0 fully saturated rings. The van der Waals surface area contributed by atoms with E-state index in [4.69, 9.17) is 4.42 Å². The maximum Gasteiger partial charge on any atom is 0.137 e. The van der Waals surface area contributed by atoms with Gasteiger partial charge in [-0.2, -0.15) is 0 Å². The number of rotatable bonds is 3. The lowest BCUT2D eigenvalue weighted by Crippen LogP contribution is -2.19. The molecule has 2 heterocycles. The van der Waals surface area contributed by atoms with Gasteiger partial charge in [0.2, 0.25) is 0 Å². The predicted octanol–water partition coefficient (Wildman–Crippen LogP) is 1.42. The van der Waals surface area contributed by atoms with Crippen LogP contribution in [0.3, 0.4) is 0 Å². The molecule has 80 valence electrons. The highest BCUT2D eigenvalue weighted by molar-refractivity contribution is 5.76. The van der Waals surface area contributed by atoms with Crippen molar-refractivity contribution in [1.29, 1.82) is 0 Å². The summed E-state index contributed by atoms with van der Waals surface area (Å²) in [5, 5.41) is 10.8. The van der Waals surface area contributed by atoms with E-state index in [0.29, 0.717) is 12.3 Å². The molecule has 1 atom stereocenters. The first kappa shape index (κ1) is 10.1. The number of aliphatic hydroxyl groups is 1. The summed E-state index contributed by atoms with van der Waals surface area (Å²) in [5.74, 6) is 0.590. The number of nitrogens with zero attached hydrogens (tertiary/aromatic N) is 2. The number of aliphatic hydroxyl groups excluding tert-OH is 1. The zero-order valence-electron chi connectivity index (χ0n) is 8.84. The molecular weight excluding hydrogens is 192 g/mol. The smallest absolute Gasteiger partial charge is 0.137 e. The van der Waals surface area contributed by atoms with Gasteiger partial charge in [0.15, 0.2) is 0 Å². The van der Waals surface area contributed by atoms with Gasteiger partial charge in [0.1, 0.15) is 17.4 Å². The van der Waals surface area contributed by atoms with Crippen molar-refractivity contribution in [1.82, 2.24) is 9.88 Å². The second-order valence-corrected chi connectivity index (χ2v) is 3.84. The largest absolute Gasteiger partial charge is 0.458 e. The number of likely N-dealkylation sites (N-methyl/N-ethyl adjacent to an activating group) is 1. The van der Waals surface area contributed by atoms with Crippen LogP contribution in [0.4, 0.5) is 0 Å². The zero-order valence-corrected chi connectivity index (χ0v) is 8.84. The third-order valence-corrected chi connectivity index (χ3v) is 2.20. The quantitative estimate of drug-likeness (QED) is 0.825. The topological polar surface area (TPSA) is 49.5 Å². The summed E-state index contributed by atoms with van der Waals surface area (Å²) in [6.45, 7) is 0.549. The lowest BCUT2D eigenvalue weighted by atomic mass is 10.2. The molecule has 15 heavy (non-hydrogen) atoms. The number of hydrogen-bond donors (Lipinski definition) is 1. The van der Waals surface area contributed by atoms with Crippen molar-refractivity contribution in [3.63, 3.8) is 0 Å². The molecular formula is C11H14N2O2. The fourth-order valence-electron chi connectivity index (χ4n) is 1.51. The molecule has 1 unspecified atom stereocenters. The highest BCUT2D eigenvalue weighted by Gasteiger charge is 2.13. The Morgan fingerprint density at radius 3 is 3.00 bits per heavy atom. The van der Waals surface area contributed by atoms with Crippen LogP contribution in [0.15, 0.2) is 28.9 Å². The first-order valence-corrected chi connectivity index (χ1v) is 4.83. The summed E-state index contributed by atoms with van der Waals surface area (Å²) in [6.07, 6.45) is 2.81. The van der Waals surface area contributed by atoms with E-state index in [2.05, 4.69) is 4.98 Å². The van der Waals surface area contributed by atoms with E-state index in [1.165, 1.54) is 0 Å². The molecule has 0 radical (unpaired) electrons. The Balaban J connectivity index is 2.28. The molecule has 0 bridgehead atoms. The van der Waals surface area contributed by atoms with Gasteiger partial charge >= 0.3 is 0 Å². The lowest BCUT2D eigenvalue weighted by molar-refractivity contribution is 0.117. The van der Waals surface area contributed by atoms with E-state index in [1.807, 2.05) is 25.1 Å². The van der Waals surface area contributed by atoms with Gasteiger partial charge < -0.3 is 14.4 Å². The number of fused-ring (bicyclic) bond motifs is 1. The SMILES string of the molecule is CN(C)CC(O)c1cc2cnccc2o1. The normalized spacial score (nSPS) is 13.6. The van der Waals surface area contributed by atoms with Gasteiger partial charge in [-0.3, -0.25) is 4.98 Å². The second-order valence-electron chi connectivity index (χ2n) is 3.84. The van der Waals surface area contributed by atoms with Crippen molar-refractivity contribution in [2.75, 3.05) is 20.6 Å². The van der Waals surface area contributed by atoms with Crippen LogP contribution < -0.4 is 0 Å². The Labute approximate surface area is 88.1 Å². The van der Waals surface area contributed by atoms with Gasteiger partial charge in [0, 0.05) is 24.3 Å². The van der Waals surface area contributed by atoms with E-state index in [0.717, 1.165) is 11.0 Å². The van der Waals surface area contributed by atoms with Gasteiger partial charge in [-0.15, -0.1) is 0 Å². The van der Waals surface area contributed by atoms with Crippen LogP contribution in [0.25, 0.3) is 11.0 Å². The molecule has 0 spiro atoms. The van der Waals surface area contributed by atoms with Crippen molar-refractivity contribution in [3.8, 4) is 0 Å². The molecule has 0 aliphatic heterocycles. The van der Waals surface area contributed by atoms with Crippen LogP contribution in [-0.4, -0.2) is 35.6 Å². The van der Waals surface area contributed by atoms with Crippen LogP contribution >= 0.6 is 0 Å². The van der Waals surface area contributed by atoms with Crippen molar-refractivity contribution in [2.24, 2.45) is 0 Å². The van der Waals surface area contributed by atoms with Crippen molar-refractivity contribution >= 4 is 11.0 Å². The Bertz CT molecular complexity index is 418. The maximum atomic E-state index is 9.84. The standard InChI is InChI=1S/C11H14N2O2/c1-13(2)7-9(14)11-5-8-6-12-4-3-10(8)15-11/h3-6,9,14H,7H2,1-2H3. The van der Waals surface area contributed by atoms with Crippen LogP contribution in [0.2, 0.25) is 0 Å². The van der Waals surface area contributed by atoms with Crippen molar-refractivity contribution in [3.05, 3.63) is 30.3 Å². The third-order valence-electron chi connectivity index (χ3n) is 2.20. The van der Waals surface area contributed by atoms with Gasteiger partial charge in [-0.1, -0.05) is 0 Å². The second kappa shape index (κ2) is 4.00. The minimum absolute atomic E-state index is 0.549. The molecule has 0 aliphatic rings. The third kappa shape index (κ3) is 2.16. The first-order valence-electron chi connectivity index (χ1n) is 4.83. The molecule has 0 aliphatic carbocycles. The minimum Gasteiger partial charge on any atom is -0.458 e. The summed E-state index contributed by atoms with van der Waals surface area (Å²) in [4.78, 5) is 5.91. The molecule has 0 amide bonds. The molecule has 4 heteroatoms. The summed E-state index contributed by atoms with van der Waals surface area (Å²) in [7, 11) is 3.82. The fraction of sp³-hybridized carbons (Fsp3) is 0.364. The van der Waals surface area contributed by atoms with Crippen LogP contribution in [0.1, 0.15) is 11.9 Å². The van der Waals surface area contributed by atoms with E-state index >= 15 is 0 Å². The van der Waals surface area contributed by atoms with E-state index in [9.17, 15) is 5.11 Å². The van der Waals surface area contributed by atoms with Crippen LogP contribution in [0, 0.1) is 0 Å². The van der Waals surface area contributed by atoms with Gasteiger partial charge in [0.25, 0.3) is 0 Å². The Morgan fingerprint density at radius 2 is 2.33 bits per heavy atom. The summed E-state index contributed by atoms with van der Waals surface area (Å²) < 4.78 is 5.51. The van der Waals surface area contributed by atoms with Crippen LogP contribution in [0.5, 0.6) is 0 Å². The van der Waals surface area contributed by atoms with Crippen molar-refractivity contribution in [2.45, 2.75) is 6.10 Å². The lowest BCUT2D eigenvalue weighted by Gasteiger charge is -2.13. The average Bonchev–Trinajstić information content (AvgIpc) is 2.59. The highest BCUT2D eigenvalue weighted by atomic mass is 16.4. The molecule has 2 aromatic heterocycles. The minimum atomic E-state index is -0.590. The van der Waals surface area contributed by atoms with Gasteiger partial charge in [-0.25, -0.2) is 0 Å². The molecule has 0 aromatic carbocycles. The van der Waals surface area contributed by atoms with E-state index in [1.54, 1.807) is 18.5 Å². The summed E-state index contributed by atoms with van der Waals surface area (Å²) >= 11 is 0. The Kier molecular flexibility index (Phi) is 2.70. The number of aromatic nitrogens is 1. The molecule has 0 saturated heterocycles. The average molecular weight is 206 g/mol. The molecule has 1 N–H and O–H groups in total. The van der Waals surface area contributed by atoms with E-state index < -0.39 is 6.10 Å². The Hall–Kier alpha value is -1.39. The molecule has 4 nitrogen and oxygen atoms in total. The Morgan fingerprint density at radius 1 is 1.53 bits per heavy atom. The highest BCUT2D eigenvalue weighted by Crippen LogP contribution is 2.23. The first-order chi connectivity index (χ1) is 7.16.